The highest BCUT2D eigenvalue weighted by Crippen LogP contribution is 2.28. The number of amides is 2. The fourth-order valence-electron chi connectivity index (χ4n) is 3.79. The van der Waals surface area contributed by atoms with E-state index in [1.807, 2.05) is 0 Å². The van der Waals surface area contributed by atoms with Crippen LogP contribution in [0.3, 0.4) is 0 Å². The highest BCUT2D eigenvalue weighted by molar-refractivity contribution is 7.89. The van der Waals surface area contributed by atoms with Gasteiger partial charge in [-0.2, -0.15) is 4.31 Å². The number of aryl methyl sites for hydroxylation is 1. The van der Waals surface area contributed by atoms with Crippen LogP contribution < -0.4 is 10.6 Å². The van der Waals surface area contributed by atoms with Crippen LogP contribution in [0.4, 0.5) is 10.1 Å². The molecule has 1 aliphatic heterocycles. The van der Waals surface area contributed by atoms with E-state index < -0.39 is 27.7 Å². The van der Waals surface area contributed by atoms with Gasteiger partial charge in [0.25, 0.3) is 0 Å². The Morgan fingerprint density at radius 2 is 1.94 bits per heavy atom. The fourth-order valence-corrected chi connectivity index (χ4v) is 5.92. The van der Waals surface area contributed by atoms with Gasteiger partial charge < -0.3 is 10.6 Å². The first kappa shape index (κ1) is 24.2. The Labute approximate surface area is 192 Å². The topological polar surface area (TPSA) is 95.6 Å². The highest BCUT2D eigenvalue weighted by Gasteiger charge is 2.34. The van der Waals surface area contributed by atoms with Crippen molar-refractivity contribution in [3.63, 3.8) is 0 Å². The van der Waals surface area contributed by atoms with Gasteiger partial charge in [-0.3, -0.25) is 9.59 Å². The maximum Gasteiger partial charge on any atom is 0.313 e. The van der Waals surface area contributed by atoms with Crippen LogP contribution in [-0.4, -0.2) is 43.7 Å². The molecule has 1 fully saturated rings. The third-order valence-corrected chi connectivity index (χ3v) is 7.70. The predicted molar refractivity (Wildman–Crippen MR) is 120 cm³/mol. The Balaban J connectivity index is 1.60. The molecule has 0 spiro atoms. The van der Waals surface area contributed by atoms with Crippen molar-refractivity contribution in [3.05, 3.63) is 58.9 Å². The molecule has 2 N–H and O–H groups in total. The lowest BCUT2D eigenvalue weighted by molar-refractivity contribution is -0.136. The smallest absolute Gasteiger partial charge is 0.313 e. The van der Waals surface area contributed by atoms with Crippen molar-refractivity contribution in [2.45, 2.75) is 43.5 Å². The largest absolute Gasteiger partial charge is 0.348 e. The van der Waals surface area contributed by atoms with Crippen molar-refractivity contribution in [1.29, 1.82) is 0 Å². The Bertz CT molecular complexity index is 1110. The molecule has 1 atom stereocenters. The molecule has 2 aromatic carbocycles. The maximum absolute atomic E-state index is 13.4. The first-order valence-corrected chi connectivity index (χ1v) is 12.1. The number of carbonyl (C=O) groups excluding carboxylic acids is 2. The Kier molecular flexibility index (Phi) is 7.86. The van der Waals surface area contributed by atoms with Crippen LogP contribution in [0.25, 0.3) is 0 Å². The van der Waals surface area contributed by atoms with E-state index in [1.165, 1.54) is 22.5 Å². The second kappa shape index (κ2) is 10.4. The number of benzene rings is 2. The first-order valence-electron chi connectivity index (χ1n) is 10.3. The molecule has 32 heavy (non-hydrogen) atoms. The predicted octanol–water partition coefficient (Wildman–Crippen LogP) is 3.48. The molecule has 0 bridgehead atoms. The lowest BCUT2D eigenvalue weighted by Crippen LogP contribution is -2.46. The van der Waals surface area contributed by atoms with E-state index in [0.717, 1.165) is 18.9 Å². The van der Waals surface area contributed by atoms with Gasteiger partial charge in [-0.05, 0) is 68.1 Å². The molecular formula is C22H25ClFN3O4S. The average molecular weight is 482 g/mol. The van der Waals surface area contributed by atoms with Crippen LogP contribution >= 0.6 is 11.6 Å². The van der Waals surface area contributed by atoms with Crippen molar-refractivity contribution in [1.82, 2.24) is 9.62 Å². The summed E-state index contributed by atoms with van der Waals surface area (Å²) in [5.41, 5.74) is 0.747. The maximum atomic E-state index is 13.4. The van der Waals surface area contributed by atoms with Gasteiger partial charge in [-0.25, -0.2) is 12.8 Å². The number of halogens is 2. The number of nitrogens with zero attached hydrogens (tertiary/aromatic N) is 1. The van der Waals surface area contributed by atoms with E-state index >= 15 is 0 Å². The summed E-state index contributed by atoms with van der Waals surface area (Å²) < 4.78 is 41.3. The number of sulfonamides is 1. The Hall–Kier alpha value is -2.49. The number of hydrogen-bond donors (Lipinski definition) is 2. The molecule has 1 saturated heterocycles. The minimum absolute atomic E-state index is 0.0794. The number of hydrogen-bond acceptors (Lipinski definition) is 4. The second-order valence-corrected chi connectivity index (χ2v) is 9.98. The summed E-state index contributed by atoms with van der Waals surface area (Å²) in [6.45, 7) is 2.06. The molecule has 7 nitrogen and oxygen atoms in total. The molecule has 0 radical (unpaired) electrons. The number of rotatable bonds is 6. The standard InChI is InChI=1S/C22H25ClFN3O4S/c1-15-13-17(24)8-9-20(15)32(30,31)27-12-3-2-7-19(27)10-11-25-21(28)22(29)26-18-6-4-5-16(23)14-18/h4-6,8-9,13-14,19H,2-3,7,10-12H2,1H3,(H,25,28)(H,26,29)/t19-/m0/s1. The zero-order valence-electron chi connectivity index (χ0n) is 17.6. The monoisotopic (exact) mass is 481 g/mol. The third kappa shape index (κ3) is 5.85. The molecule has 10 heteroatoms. The van der Waals surface area contributed by atoms with Crippen LogP contribution in [0.5, 0.6) is 0 Å². The van der Waals surface area contributed by atoms with Gasteiger partial charge in [0, 0.05) is 29.8 Å². The number of piperidine rings is 1. The van der Waals surface area contributed by atoms with E-state index in [9.17, 15) is 22.4 Å². The third-order valence-electron chi connectivity index (χ3n) is 5.35. The molecule has 3 rings (SSSR count). The van der Waals surface area contributed by atoms with Crippen LogP contribution in [0.15, 0.2) is 47.4 Å². The molecule has 0 saturated carbocycles. The Morgan fingerprint density at radius 3 is 2.66 bits per heavy atom. The van der Waals surface area contributed by atoms with Crippen molar-refractivity contribution in [3.8, 4) is 0 Å². The second-order valence-electron chi connectivity index (χ2n) is 7.68. The van der Waals surface area contributed by atoms with E-state index in [4.69, 9.17) is 11.6 Å². The molecule has 0 aromatic heterocycles. The summed E-state index contributed by atoms with van der Waals surface area (Å²) in [6.07, 6.45) is 2.59. The lowest BCUT2D eigenvalue weighted by atomic mass is 10.0. The van der Waals surface area contributed by atoms with Crippen molar-refractivity contribution >= 4 is 39.1 Å². The van der Waals surface area contributed by atoms with Gasteiger partial charge in [0.1, 0.15) is 5.82 Å². The SMILES string of the molecule is Cc1cc(F)ccc1S(=O)(=O)N1CCCC[C@H]1CCNC(=O)C(=O)Nc1cccc(Cl)c1. The normalized spacial score (nSPS) is 17.0. The molecule has 0 aliphatic carbocycles. The number of nitrogens with one attached hydrogen (secondary N) is 2. The van der Waals surface area contributed by atoms with Crippen molar-refractivity contribution in [2.24, 2.45) is 0 Å². The molecule has 1 heterocycles. The van der Waals surface area contributed by atoms with Gasteiger partial charge >= 0.3 is 11.8 Å². The molecular weight excluding hydrogens is 457 g/mol. The van der Waals surface area contributed by atoms with Gasteiger partial charge in [-0.1, -0.05) is 24.1 Å². The fraction of sp³-hybridized carbons (Fsp3) is 0.364. The highest BCUT2D eigenvalue weighted by atomic mass is 35.5. The summed E-state index contributed by atoms with van der Waals surface area (Å²) in [5.74, 6) is -2.14. The van der Waals surface area contributed by atoms with Crippen LogP contribution in [0, 0.1) is 12.7 Å². The first-order chi connectivity index (χ1) is 15.2. The van der Waals surface area contributed by atoms with Crippen LogP contribution in [0.1, 0.15) is 31.2 Å². The quantitative estimate of drug-likeness (QED) is 0.617. The molecule has 0 unspecified atom stereocenters. The summed E-state index contributed by atoms with van der Waals surface area (Å²) in [4.78, 5) is 24.3. The molecule has 2 aromatic rings. The zero-order valence-corrected chi connectivity index (χ0v) is 19.2. The van der Waals surface area contributed by atoms with E-state index in [-0.39, 0.29) is 17.5 Å². The van der Waals surface area contributed by atoms with Gasteiger partial charge in [0.2, 0.25) is 10.0 Å². The number of anilines is 1. The van der Waals surface area contributed by atoms with E-state index in [1.54, 1.807) is 25.1 Å². The van der Waals surface area contributed by atoms with Crippen LogP contribution in [-0.2, 0) is 19.6 Å². The van der Waals surface area contributed by atoms with Gasteiger partial charge in [0.05, 0.1) is 4.90 Å². The zero-order chi connectivity index (χ0) is 23.3. The van der Waals surface area contributed by atoms with Crippen molar-refractivity contribution < 1.29 is 22.4 Å². The van der Waals surface area contributed by atoms with Crippen molar-refractivity contribution in [2.75, 3.05) is 18.4 Å². The van der Waals surface area contributed by atoms with Crippen LogP contribution in [0.2, 0.25) is 5.02 Å². The van der Waals surface area contributed by atoms with Gasteiger partial charge in [0.15, 0.2) is 0 Å². The molecule has 1 aliphatic rings. The molecule has 2 amide bonds. The lowest BCUT2D eigenvalue weighted by Gasteiger charge is -2.35. The summed E-state index contributed by atoms with van der Waals surface area (Å²) in [5, 5.41) is 5.43. The summed E-state index contributed by atoms with van der Waals surface area (Å²) in [6, 6.07) is 9.73. The van der Waals surface area contributed by atoms with E-state index in [2.05, 4.69) is 10.6 Å². The molecule has 172 valence electrons. The Morgan fingerprint density at radius 1 is 1.16 bits per heavy atom. The minimum atomic E-state index is -3.81. The number of carbonyl (C=O) groups is 2. The van der Waals surface area contributed by atoms with Gasteiger partial charge in [-0.15, -0.1) is 0 Å². The average Bonchev–Trinajstić information content (AvgIpc) is 2.73. The summed E-state index contributed by atoms with van der Waals surface area (Å²) >= 11 is 5.87. The minimum Gasteiger partial charge on any atom is -0.348 e. The van der Waals surface area contributed by atoms with E-state index in [0.29, 0.717) is 35.7 Å². The summed E-state index contributed by atoms with van der Waals surface area (Å²) in [7, 11) is -3.81.